The Labute approximate surface area is 212 Å². The summed E-state index contributed by atoms with van der Waals surface area (Å²) >= 11 is 0. The van der Waals surface area contributed by atoms with Crippen LogP contribution >= 0.6 is 0 Å². The Morgan fingerprint density at radius 3 is 2.12 bits per heavy atom. The second-order valence-corrected chi connectivity index (χ2v) is 11.3. The van der Waals surface area contributed by atoms with E-state index < -0.39 is 0 Å². The molecule has 0 heterocycles. The molecule has 0 aromatic rings. The third-order valence-electron chi connectivity index (χ3n) is 7.66. The van der Waals surface area contributed by atoms with Gasteiger partial charge in [-0.2, -0.15) is 0 Å². The van der Waals surface area contributed by atoms with Crippen molar-refractivity contribution in [2.75, 3.05) is 19.6 Å². The molecule has 0 rings (SSSR count). The van der Waals surface area contributed by atoms with Gasteiger partial charge in [0.05, 0.1) is 6.10 Å². The summed E-state index contributed by atoms with van der Waals surface area (Å²) in [4.78, 5) is 17.5. The fourth-order valence-corrected chi connectivity index (χ4v) is 5.36. The summed E-state index contributed by atoms with van der Waals surface area (Å²) in [5, 5.41) is 16.3. The van der Waals surface area contributed by atoms with E-state index in [0.29, 0.717) is 11.8 Å². The smallest absolute Gasteiger partial charge is 0.222 e. The zero-order valence-corrected chi connectivity index (χ0v) is 23.9. The second kappa shape index (κ2) is 20.5. The van der Waals surface area contributed by atoms with E-state index in [9.17, 15) is 10.1 Å². The normalized spacial score (nSPS) is 17.1. The molecule has 0 aliphatic carbocycles. The molecule has 0 radical (unpaired) electrons. The number of nitrogens with one attached hydrogen (secondary N) is 2. The summed E-state index contributed by atoms with van der Waals surface area (Å²) in [6.45, 7) is 18.2. The van der Waals surface area contributed by atoms with Crippen molar-refractivity contribution in [2.45, 2.75) is 138 Å². The van der Waals surface area contributed by atoms with E-state index in [1.165, 1.54) is 44.9 Å². The lowest BCUT2D eigenvalue weighted by atomic mass is 9.72. The highest BCUT2D eigenvalue weighted by Crippen LogP contribution is 2.38. The fourth-order valence-electron chi connectivity index (χ4n) is 5.36. The maximum Gasteiger partial charge on any atom is 0.222 e. The third kappa shape index (κ3) is 15.4. The number of hydrogen-bond acceptors (Lipinski definition) is 4. The van der Waals surface area contributed by atoms with Gasteiger partial charge in [-0.15, -0.1) is 0 Å². The van der Waals surface area contributed by atoms with Crippen LogP contribution < -0.4 is 10.6 Å². The highest BCUT2D eigenvalue weighted by atomic mass is 17.1. The minimum Gasteiger partial charge on any atom is -0.356 e. The van der Waals surface area contributed by atoms with Crippen LogP contribution in [0.3, 0.4) is 0 Å². The zero-order valence-electron chi connectivity index (χ0n) is 23.9. The van der Waals surface area contributed by atoms with Crippen molar-refractivity contribution in [2.24, 2.45) is 23.2 Å². The number of carbonyl (C=O) groups is 1. The van der Waals surface area contributed by atoms with Gasteiger partial charge >= 0.3 is 0 Å². The van der Waals surface area contributed by atoms with Crippen molar-refractivity contribution in [3.63, 3.8) is 0 Å². The van der Waals surface area contributed by atoms with Crippen LogP contribution in [0, 0.1) is 23.2 Å². The van der Waals surface area contributed by atoms with Gasteiger partial charge in [0.25, 0.3) is 0 Å². The van der Waals surface area contributed by atoms with Crippen molar-refractivity contribution in [3.8, 4) is 0 Å². The van der Waals surface area contributed by atoms with Gasteiger partial charge in [-0.1, -0.05) is 87.0 Å². The highest BCUT2D eigenvalue weighted by Gasteiger charge is 2.35. The summed E-state index contributed by atoms with van der Waals surface area (Å²) < 4.78 is 0. The molecule has 0 aromatic carbocycles. The molecule has 0 spiro atoms. The van der Waals surface area contributed by atoms with E-state index in [1.807, 2.05) is 0 Å². The van der Waals surface area contributed by atoms with Gasteiger partial charge in [0.15, 0.2) is 0 Å². The van der Waals surface area contributed by atoms with Gasteiger partial charge in [-0.3, -0.25) is 10.1 Å². The third-order valence-corrected chi connectivity index (χ3v) is 7.66. The van der Waals surface area contributed by atoms with Crippen LogP contribution in [0.2, 0.25) is 0 Å². The minimum atomic E-state index is -0.156. The molecule has 5 unspecified atom stereocenters. The summed E-state index contributed by atoms with van der Waals surface area (Å²) in [7, 11) is 0. The topological polar surface area (TPSA) is 70.6 Å². The number of unbranched alkanes of at least 4 members (excludes halogenated alkanes) is 6. The molecule has 0 saturated carbocycles. The Morgan fingerprint density at radius 1 is 0.853 bits per heavy atom. The molecule has 3 N–H and O–H groups in total. The molecule has 1 amide bonds. The average Bonchev–Trinajstić information content (AvgIpc) is 2.80. The predicted octanol–water partition coefficient (Wildman–Crippen LogP) is 7.60. The van der Waals surface area contributed by atoms with Crippen molar-refractivity contribution in [1.82, 2.24) is 10.6 Å². The van der Waals surface area contributed by atoms with Crippen LogP contribution in [0.4, 0.5) is 0 Å². The molecule has 0 bridgehead atoms. The standard InChI is InChI=1S/C29H60N2O3/c1-8-11-13-14-15-16-19-31-28(32)26(6)22-24(4)21-25(5)23-29(7,10-3)27(34-33)17-20-30-18-12-9-2/h24-27,30,33H,8-23H2,1-7H3,(H,31,32). The summed E-state index contributed by atoms with van der Waals surface area (Å²) in [6, 6.07) is 0. The first-order chi connectivity index (χ1) is 16.2. The van der Waals surface area contributed by atoms with E-state index in [4.69, 9.17) is 4.89 Å². The average molecular weight is 485 g/mol. The Kier molecular flexibility index (Phi) is 20.1. The zero-order chi connectivity index (χ0) is 25.8. The summed E-state index contributed by atoms with van der Waals surface area (Å²) in [5.74, 6) is 1.28. The lowest BCUT2D eigenvalue weighted by Gasteiger charge is -2.37. The van der Waals surface area contributed by atoms with E-state index in [0.717, 1.165) is 58.2 Å². The molecule has 204 valence electrons. The number of hydrogen-bond donors (Lipinski definition) is 3. The highest BCUT2D eigenvalue weighted by molar-refractivity contribution is 5.78. The minimum absolute atomic E-state index is 0.0551. The van der Waals surface area contributed by atoms with Crippen molar-refractivity contribution < 1.29 is 14.9 Å². The first kappa shape index (κ1) is 33.4. The molecule has 34 heavy (non-hydrogen) atoms. The van der Waals surface area contributed by atoms with Gasteiger partial charge in [-0.25, -0.2) is 4.89 Å². The molecule has 5 atom stereocenters. The largest absolute Gasteiger partial charge is 0.356 e. The van der Waals surface area contributed by atoms with Gasteiger partial charge in [0.2, 0.25) is 5.91 Å². The van der Waals surface area contributed by atoms with Crippen LogP contribution in [0.15, 0.2) is 0 Å². The van der Waals surface area contributed by atoms with Crippen LogP contribution in [0.5, 0.6) is 0 Å². The monoisotopic (exact) mass is 484 g/mol. The number of rotatable bonds is 23. The molecule has 0 aliphatic rings. The first-order valence-electron chi connectivity index (χ1n) is 14.5. The lowest BCUT2D eigenvalue weighted by Crippen LogP contribution is -2.38. The van der Waals surface area contributed by atoms with Crippen molar-refractivity contribution in [1.29, 1.82) is 0 Å². The molecule has 5 nitrogen and oxygen atoms in total. The van der Waals surface area contributed by atoms with E-state index in [1.54, 1.807) is 0 Å². The van der Waals surface area contributed by atoms with Crippen LogP contribution in [-0.2, 0) is 9.68 Å². The molecule has 0 fully saturated rings. The second-order valence-electron chi connectivity index (χ2n) is 11.3. The van der Waals surface area contributed by atoms with Crippen LogP contribution in [0.1, 0.15) is 132 Å². The van der Waals surface area contributed by atoms with E-state index in [-0.39, 0.29) is 23.3 Å². The van der Waals surface area contributed by atoms with Crippen molar-refractivity contribution >= 4 is 5.91 Å². The van der Waals surface area contributed by atoms with E-state index >= 15 is 0 Å². The number of amides is 1. The maximum atomic E-state index is 12.5. The maximum absolute atomic E-state index is 12.5. The Bertz CT molecular complexity index is 488. The fraction of sp³-hybridized carbons (Fsp3) is 0.966. The molecule has 0 saturated heterocycles. The quantitative estimate of drug-likeness (QED) is 0.0793. The van der Waals surface area contributed by atoms with Gasteiger partial charge in [0.1, 0.15) is 0 Å². The van der Waals surface area contributed by atoms with Crippen molar-refractivity contribution in [3.05, 3.63) is 0 Å². The Hall–Kier alpha value is -0.650. The van der Waals surface area contributed by atoms with Crippen LogP contribution in [-0.4, -0.2) is 36.9 Å². The molecular weight excluding hydrogens is 424 g/mol. The summed E-state index contributed by atoms with van der Waals surface area (Å²) in [6.07, 6.45) is 14.5. The van der Waals surface area contributed by atoms with Gasteiger partial charge < -0.3 is 10.6 Å². The SMILES string of the molecule is CCCCCCCCNC(=O)C(C)CC(C)CC(C)CC(C)(CC)C(CCNCCCC)OO. The lowest BCUT2D eigenvalue weighted by molar-refractivity contribution is -0.306. The molecular formula is C29H60N2O3. The Balaban J connectivity index is 4.39. The number of carbonyl (C=O) groups excluding carboxylic acids is 1. The summed E-state index contributed by atoms with van der Waals surface area (Å²) in [5.41, 5.74) is -0.0551. The molecule has 5 heteroatoms. The first-order valence-corrected chi connectivity index (χ1v) is 14.5. The van der Waals surface area contributed by atoms with E-state index in [2.05, 4.69) is 59.1 Å². The Morgan fingerprint density at radius 2 is 1.50 bits per heavy atom. The molecule has 0 aliphatic heterocycles. The van der Waals surface area contributed by atoms with Gasteiger partial charge in [-0.05, 0) is 75.3 Å². The predicted molar refractivity (Wildman–Crippen MR) is 146 cm³/mol. The molecule has 0 aromatic heterocycles. The van der Waals surface area contributed by atoms with Crippen LogP contribution in [0.25, 0.3) is 0 Å². The van der Waals surface area contributed by atoms with Gasteiger partial charge in [0, 0.05) is 12.5 Å².